The van der Waals surface area contributed by atoms with Crippen molar-refractivity contribution < 1.29 is 27.1 Å². The van der Waals surface area contributed by atoms with E-state index in [-0.39, 0.29) is 0 Å². The van der Waals surface area contributed by atoms with Crippen LogP contribution < -0.4 is 4.74 Å². The highest BCUT2D eigenvalue weighted by molar-refractivity contribution is 7.89. The van der Waals surface area contributed by atoms with Crippen LogP contribution in [0.3, 0.4) is 0 Å². The summed E-state index contributed by atoms with van der Waals surface area (Å²) in [5.74, 6) is 0.332. The highest BCUT2D eigenvalue weighted by Crippen LogP contribution is 2.30. The molecular formula is C13H19NO6PS+. The maximum Gasteiger partial charge on any atom is 0.695 e. The molecule has 22 heavy (non-hydrogen) atoms. The Morgan fingerprint density at radius 3 is 2.36 bits per heavy atom. The molecule has 1 unspecified atom stereocenters. The molecule has 0 radical (unpaired) electrons. The van der Waals surface area contributed by atoms with Crippen molar-refractivity contribution in [1.82, 2.24) is 4.31 Å². The lowest BCUT2D eigenvalue weighted by atomic mass is 9.90. The van der Waals surface area contributed by atoms with Gasteiger partial charge in [0.2, 0.25) is 16.0 Å². The van der Waals surface area contributed by atoms with Crippen LogP contribution in [0.15, 0.2) is 24.3 Å². The predicted octanol–water partition coefficient (Wildman–Crippen LogP) is 1.83. The van der Waals surface area contributed by atoms with Crippen LogP contribution in [0, 0.1) is 0 Å². The van der Waals surface area contributed by atoms with Gasteiger partial charge in [-0.15, -0.1) is 9.42 Å². The molecule has 1 fully saturated rings. The first-order valence-electron chi connectivity index (χ1n) is 6.83. The van der Waals surface area contributed by atoms with Crippen LogP contribution >= 0.6 is 8.25 Å². The average molecular weight is 348 g/mol. The molecule has 122 valence electrons. The smallest absolute Gasteiger partial charge is 0.497 e. The van der Waals surface area contributed by atoms with E-state index < -0.39 is 24.2 Å². The van der Waals surface area contributed by atoms with E-state index in [1.54, 1.807) is 7.11 Å². The van der Waals surface area contributed by atoms with Crippen LogP contribution in [-0.4, -0.2) is 43.8 Å². The lowest BCUT2D eigenvalue weighted by Crippen LogP contribution is -2.39. The van der Waals surface area contributed by atoms with Crippen LogP contribution in [0.25, 0.3) is 0 Å². The third kappa shape index (κ3) is 4.47. The molecule has 0 aromatic heterocycles. The Balaban J connectivity index is 1.93. The van der Waals surface area contributed by atoms with Crippen molar-refractivity contribution in [2.45, 2.75) is 18.8 Å². The van der Waals surface area contributed by atoms with Gasteiger partial charge in [0.15, 0.2) is 0 Å². The number of rotatable bonds is 6. The van der Waals surface area contributed by atoms with Gasteiger partial charge in [-0.25, -0.2) is 8.42 Å². The molecule has 1 aliphatic rings. The minimum absolute atomic E-state index is 0.299. The standard InChI is InChI=1S/C13H18NO6PS/c1-19-13-4-2-11(3-5-13)12-6-8-14(9-7-12)22(17,18)10-20-21(15)16/h2-5,12H,6-10H2,1H3/p+1. The second-order valence-corrected chi connectivity index (χ2v) is 7.69. The first-order chi connectivity index (χ1) is 10.4. The summed E-state index contributed by atoms with van der Waals surface area (Å²) in [7, 11) is -4.94. The summed E-state index contributed by atoms with van der Waals surface area (Å²) in [6.45, 7) is 0.759. The second kappa shape index (κ2) is 7.48. The zero-order valence-corrected chi connectivity index (χ0v) is 13.9. The molecule has 1 aromatic rings. The molecule has 2 rings (SSSR count). The van der Waals surface area contributed by atoms with Gasteiger partial charge >= 0.3 is 8.25 Å². The van der Waals surface area contributed by atoms with Crippen LogP contribution in [0.2, 0.25) is 0 Å². The summed E-state index contributed by atoms with van der Waals surface area (Å²) in [5, 5.41) is 0. The van der Waals surface area contributed by atoms with Crippen molar-refractivity contribution in [2.75, 3.05) is 26.1 Å². The molecule has 1 saturated heterocycles. The largest absolute Gasteiger partial charge is 0.695 e. The Morgan fingerprint density at radius 2 is 1.86 bits per heavy atom. The molecule has 1 atom stereocenters. The van der Waals surface area contributed by atoms with E-state index in [0.29, 0.717) is 31.8 Å². The molecule has 1 aliphatic heterocycles. The summed E-state index contributed by atoms with van der Waals surface area (Å²) in [5.41, 5.74) is 1.16. The normalized spacial score (nSPS) is 18.2. The van der Waals surface area contributed by atoms with Gasteiger partial charge in [0.05, 0.1) is 7.11 Å². The molecule has 1 aromatic carbocycles. The van der Waals surface area contributed by atoms with Crippen molar-refractivity contribution in [3.63, 3.8) is 0 Å². The number of benzene rings is 1. The Hall–Kier alpha value is -1.05. The lowest BCUT2D eigenvalue weighted by molar-refractivity contribution is 0.287. The zero-order chi connectivity index (χ0) is 16.2. The van der Waals surface area contributed by atoms with E-state index in [4.69, 9.17) is 9.63 Å². The third-order valence-electron chi connectivity index (χ3n) is 3.75. The van der Waals surface area contributed by atoms with Crippen LogP contribution in [0.1, 0.15) is 24.3 Å². The maximum absolute atomic E-state index is 12.0. The number of ether oxygens (including phenoxy) is 1. The highest BCUT2D eigenvalue weighted by atomic mass is 32.2. The van der Waals surface area contributed by atoms with Crippen LogP contribution in [0.4, 0.5) is 0 Å². The minimum atomic E-state index is -3.65. The van der Waals surface area contributed by atoms with Crippen molar-refractivity contribution in [3.8, 4) is 5.75 Å². The molecule has 0 saturated carbocycles. The molecule has 0 spiro atoms. The van der Waals surface area contributed by atoms with E-state index in [9.17, 15) is 13.0 Å². The molecule has 0 aliphatic carbocycles. The number of sulfonamides is 1. The first-order valence-corrected chi connectivity index (χ1v) is 9.57. The van der Waals surface area contributed by atoms with E-state index >= 15 is 0 Å². The summed E-state index contributed by atoms with van der Waals surface area (Å²) in [6, 6.07) is 7.77. The maximum atomic E-state index is 12.0. The Bertz CT molecular complexity index is 610. The SMILES string of the molecule is COc1ccc(C2CCN(S(=O)(=O)CO[P+](=O)O)CC2)cc1. The molecule has 7 nitrogen and oxygen atoms in total. The molecule has 0 amide bonds. The summed E-state index contributed by atoms with van der Waals surface area (Å²) >= 11 is 0. The fourth-order valence-corrected chi connectivity index (χ4v) is 4.34. The second-order valence-electron chi connectivity index (χ2n) is 5.04. The molecular weight excluding hydrogens is 329 g/mol. The number of methoxy groups -OCH3 is 1. The lowest BCUT2D eigenvalue weighted by Gasteiger charge is -2.30. The van der Waals surface area contributed by atoms with E-state index in [2.05, 4.69) is 4.52 Å². The van der Waals surface area contributed by atoms with Crippen molar-refractivity contribution in [1.29, 1.82) is 0 Å². The van der Waals surface area contributed by atoms with Gasteiger partial charge in [-0.3, -0.25) is 0 Å². The van der Waals surface area contributed by atoms with E-state index in [1.807, 2.05) is 24.3 Å². The minimum Gasteiger partial charge on any atom is -0.497 e. The number of piperidine rings is 1. The monoisotopic (exact) mass is 348 g/mol. The third-order valence-corrected chi connectivity index (χ3v) is 5.84. The topological polar surface area (TPSA) is 93.1 Å². The van der Waals surface area contributed by atoms with Gasteiger partial charge in [0, 0.05) is 17.7 Å². The van der Waals surface area contributed by atoms with Gasteiger partial charge in [0.25, 0.3) is 0 Å². The van der Waals surface area contributed by atoms with Crippen molar-refractivity contribution in [3.05, 3.63) is 29.8 Å². The highest BCUT2D eigenvalue weighted by Gasteiger charge is 2.31. The Morgan fingerprint density at radius 1 is 1.27 bits per heavy atom. The van der Waals surface area contributed by atoms with Crippen LogP contribution in [-0.2, 0) is 19.1 Å². The van der Waals surface area contributed by atoms with Crippen molar-refractivity contribution in [2.24, 2.45) is 0 Å². The number of hydrogen-bond acceptors (Lipinski definition) is 5. The quantitative estimate of drug-likeness (QED) is 0.789. The number of hydrogen-bond donors (Lipinski definition) is 1. The summed E-state index contributed by atoms with van der Waals surface area (Å²) in [4.78, 5) is 8.54. The molecule has 1 heterocycles. The number of nitrogens with zero attached hydrogens (tertiary/aromatic N) is 1. The van der Waals surface area contributed by atoms with Gasteiger partial charge < -0.3 is 4.74 Å². The van der Waals surface area contributed by atoms with Crippen LogP contribution in [0.5, 0.6) is 5.75 Å². The Labute approximate surface area is 130 Å². The summed E-state index contributed by atoms with van der Waals surface area (Å²) < 4.78 is 45.1. The molecule has 9 heteroatoms. The molecule has 0 bridgehead atoms. The van der Waals surface area contributed by atoms with Crippen molar-refractivity contribution >= 4 is 18.3 Å². The molecule has 1 N–H and O–H groups in total. The van der Waals surface area contributed by atoms with Gasteiger partial charge in [-0.1, -0.05) is 12.1 Å². The fourth-order valence-electron chi connectivity index (χ4n) is 2.53. The Kier molecular flexibility index (Phi) is 5.88. The van der Waals surface area contributed by atoms with E-state index in [0.717, 1.165) is 11.3 Å². The van der Waals surface area contributed by atoms with Gasteiger partial charge in [-0.05, 0) is 36.5 Å². The zero-order valence-electron chi connectivity index (χ0n) is 12.2. The average Bonchev–Trinajstić information content (AvgIpc) is 2.53. The predicted molar refractivity (Wildman–Crippen MR) is 81.2 cm³/mol. The van der Waals surface area contributed by atoms with Gasteiger partial charge in [0.1, 0.15) is 5.75 Å². The first kappa shape index (κ1) is 17.3. The summed E-state index contributed by atoms with van der Waals surface area (Å²) in [6.07, 6.45) is 1.41. The van der Waals surface area contributed by atoms with E-state index in [1.165, 1.54) is 4.31 Å². The fraction of sp³-hybridized carbons (Fsp3) is 0.538. The van der Waals surface area contributed by atoms with Gasteiger partial charge in [-0.2, -0.15) is 4.31 Å².